The van der Waals surface area contributed by atoms with Crippen LogP contribution in [0.5, 0.6) is 0 Å². The number of nitrogens with one attached hydrogen (secondary N) is 1. The Kier molecular flexibility index (Phi) is 47.1. The summed E-state index contributed by atoms with van der Waals surface area (Å²) in [6.45, 7) is 4.57. The zero-order valence-electron chi connectivity index (χ0n) is 44.3. The number of carbonyl (C=O) groups excluding carboxylic acids is 1. The Balaban J connectivity index is 4.23. The van der Waals surface area contributed by atoms with Gasteiger partial charge in [-0.25, -0.2) is 0 Å². The number of amides is 1. The molecule has 0 spiro atoms. The molecule has 0 radical (unpaired) electrons. The molecule has 0 heterocycles. The van der Waals surface area contributed by atoms with Crippen LogP contribution in [0.25, 0.3) is 0 Å². The first-order valence-corrected chi connectivity index (χ1v) is 28.7. The molecule has 0 aliphatic rings. The Morgan fingerprint density at radius 3 is 1.31 bits per heavy atom. The molecule has 0 aromatic heterocycles. The second-order valence-corrected chi connectivity index (χ2v) is 20.6. The van der Waals surface area contributed by atoms with Gasteiger partial charge in [-0.15, -0.1) is 0 Å². The van der Waals surface area contributed by atoms with Gasteiger partial charge in [-0.05, 0) is 83.5 Å². The van der Waals surface area contributed by atoms with E-state index in [0.29, 0.717) is 23.9 Å². The summed E-state index contributed by atoms with van der Waals surface area (Å²) in [5, 5.41) is 13.9. The van der Waals surface area contributed by atoms with Crippen LogP contribution in [-0.2, 0) is 18.4 Å². The van der Waals surface area contributed by atoms with E-state index in [2.05, 4.69) is 129 Å². The summed E-state index contributed by atoms with van der Waals surface area (Å²) in [4.78, 5) is 25.4. The van der Waals surface area contributed by atoms with Crippen molar-refractivity contribution in [3.63, 3.8) is 0 Å². The highest BCUT2D eigenvalue weighted by atomic mass is 31.2. The third-order valence-electron chi connectivity index (χ3n) is 11.5. The first kappa shape index (κ1) is 65.2. The minimum atomic E-state index is -4.58. The topological polar surface area (TPSA) is 108 Å². The van der Waals surface area contributed by atoms with Crippen molar-refractivity contribution in [2.24, 2.45) is 0 Å². The highest BCUT2D eigenvalue weighted by molar-refractivity contribution is 7.45. The van der Waals surface area contributed by atoms with E-state index in [0.717, 1.165) is 116 Å². The third-order valence-corrected chi connectivity index (χ3v) is 12.5. The molecule has 0 saturated heterocycles. The average molecular weight is 967 g/mol. The standard InChI is InChI=1S/C59H103N2O6P/c1-6-8-10-12-14-16-18-20-21-22-23-24-25-26-27-28-29-30-31-32-33-34-35-36-37-38-39-41-43-45-47-49-51-53-59(63)60-57(56-67-68(64,65)66-55-54-61(3,4)5)58(62)52-50-48-46-44-42-40-19-17-15-13-11-9-7-2/h8,10,14,16,20-21,23-24,26-27,29-30,32-33,35-36,38-39,57-58,62H,6-7,9,11-13,15,17-19,22,25,28,31,34,37,40-56H2,1-5H3,(H-,60,63,64,65)/b10-8-,16-14-,21-20-,24-23-,27-26-,30-29-,33-32-,36-35-,39-38-. The number of phosphoric ester groups is 1. The molecule has 1 amide bonds. The van der Waals surface area contributed by atoms with Gasteiger partial charge in [-0.3, -0.25) is 9.36 Å². The summed E-state index contributed by atoms with van der Waals surface area (Å²) in [5.41, 5.74) is 0. The second kappa shape index (κ2) is 49.2. The zero-order chi connectivity index (χ0) is 49.9. The van der Waals surface area contributed by atoms with Crippen molar-refractivity contribution in [2.45, 2.75) is 219 Å². The fourth-order valence-electron chi connectivity index (χ4n) is 7.27. The number of aliphatic hydroxyl groups excluding tert-OH is 1. The van der Waals surface area contributed by atoms with Crippen LogP contribution in [0.3, 0.4) is 0 Å². The lowest BCUT2D eigenvalue weighted by molar-refractivity contribution is -0.870. The van der Waals surface area contributed by atoms with Gasteiger partial charge in [-0.2, -0.15) is 0 Å². The van der Waals surface area contributed by atoms with E-state index < -0.39 is 20.0 Å². The molecule has 390 valence electrons. The molecule has 0 aromatic rings. The van der Waals surface area contributed by atoms with E-state index in [1.807, 2.05) is 21.1 Å². The molecule has 0 rings (SSSR count). The Morgan fingerprint density at radius 2 is 0.897 bits per heavy atom. The summed E-state index contributed by atoms with van der Waals surface area (Å²) < 4.78 is 23.3. The highest BCUT2D eigenvalue weighted by Crippen LogP contribution is 2.38. The smallest absolute Gasteiger partial charge is 0.268 e. The van der Waals surface area contributed by atoms with Gasteiger partial charge in [0.1, 0.15) is 13.2 Å². The third kappa shape index (κ3) is 51.0. The van der Waals surface area contributed by atoms with Crippen LogP contribution in [0.15, 0.2) is 109 Å². The average Bonchev–Trinajstić information content (AvgIpc) is 3.30. The molecule has 0 aromatic carbocycles. The largest absolute Gasteiger partial charge is 0.756 e. The van der Waals surface area contributed by atoms with Crippen LogP contribution in [0.1, 0.15) is 206 Å². The van der Waals surface area contributed by atoms with Crippen LogP contribution < -0.4 is 10.2 Å². The van der Waals surface area contributed by atoms with E-state index in [9.17, 15) is 19.4 Å². The Morgan fingerprint density at radius 1 is 0.529 bits per heavy atom. The van der Waals surface area contributed by atoms with E-state index >= 15 is 0 Å². The fraction of sp³-hybridized carbons (Fsp3) is 0.678. The molecule has 0 fully saturated rings. The number of unbranched alkanes of at least 4 members (excludes halogenated alkanes) is 17. The molecule has 2 N–H and O–H groups in total. The molecular formula is C59H103N2O6P. The maximum Gasteiger partial charge on any atom is 0.268 e. The Hall–Kier alpha value is -2.84. The number of rotatable bonds is 48. The number of nitrogens with zero attached hydrogens (tertiary/aromatic N) is 1. The molecule has 0 bridgehead atoms. The van der Waals surface area contributed by atoms with Crippen molar-refractivity contribution in [3.05, 3.63) is 109 Å². The van der Waals surface area contributed by atoms with E-state index in [1.54, 1.807) is 0 Å². The number of hydrogen-bond donors (Lipinski definition) is 2. The molecule has 9 heteroatoms. The number of carbonyl (C=O) groups is 1. The fourth-order valence-corrected chi connectivity index (χ4v) is 7.99. The molecule has 3 unspecified atom stereocenters. The number of phosphoric acid groups is 1. The number of allylic oxidation sites excluding steroid dienone is 18. The number of hydrogen-bond acceptors (Lipinski definition) is 6. The SMILES string of the molecule is CC/C=C\C/C=C\C/C=C\C/C=C\C/C=C\C/C=C\C/C=C\C/C=C\C/C=C\CCCCCCCC(=O)NC(COP(=O)([O-])OCC[N+](C)(C)C)C(O)CCCCCCCCCCCCCCC. The van der Waals surface area contributed by atoms with Gasteiger partial charge < -0.3 is 28.8 Å². The predicted molar refractivity (Wildman–Crippen MR) is 292 cm³/mol. The van der Waals surface area contributed by atoms with Gasteiger partial charge in [0.25, 0.3) is 7.82 Å². The summed E-state index contributed by atoms with van der Waals surface area (Å²) in [7, 11) is 1.27. The number of aliphatic hydroxyl groups is 1. The van der Waals surface area contributed by atoms with Crippen molar-refractivity contribution in [1.82, 2.24) is 5.32 Å². The molecule has 8 nitrogen and oxygen atoms in total. The van der Waals surface area contributed by atoms with Crippen LogP contribution in [0.2, 0.25) is 0 Å². The summed E-state index contributed by atoms with van der Waals surface area (Å²) in [6, 6.07) is -0.818. The van der Waals surface area contributed by atoms with Crippen LogP contribution in [0, 0.1) is 0 Å². The molecular weight excluding hydrogens is 864 g/mol. The van der Waals surface area contributed by atoms with Gasteiger partial charge in [-0.1, -0.05) is 226 Å². The lowest BCUT2D eigenvalue weighted by Gasteiger charge is -2.30. The lowest BCUT2D eigenvalue weighted by atomic mass is 10.0. The molecule has 0 aliphatic carbocycles. The van der Waals surface area contributed by atoms with Crippen molar-refractivity contribution in [1.29, 1.82) is 0 Å². The van der Waals surface area contributed by atoms with Crippen LogP contribution >= 0.6 is 7.82 Å². The van der Waals surface area contributed by atoms with Gasteiger partial charge in [0.05, 0.1) is 39.9 Å². The summed E-state index contributed by atoms with van der Waals surface area (Å²) in [6.07, 6.45) is 71.1. The zero-order valence-corrected chi connectivity index (χ0v) is 45.2. The van der Waals surface area contributed by atoms with Crippen LogP contribution in [0.4, 0.5) is 0 Å². The second-order valence-electron chi connectivity index (χ2n) is 19.2. The molecule has 68 heavy (non-hydrogen) atoms. The predicted octanol–water partition coefficient (Wildman–Crippen LogP) is 15.8. The maximum atomic E-state index is 12.9. The van der Waals surface area contributed by atoms with Crippen molar-refractivity contribution in [3.8, 4) is 0 Å². The van der Waals surface area contributed by atoms with E-state index in [-0.39, 0.29) is 19.1 Å². The molecule has 3 atom stereocenters. The minimum absolute atomic E-state index is 0.00217. The van der Waals surface area contributed by atoms with Crippen molar-refractivity contribution in [2.75, 3.05) is 40.9 Å². The minimum Gasteiger partial charge on any atom is -0.756 e. The van der Waals surface area contributed by atoms with Crippen molar-refractivity contribution < 1.29 is 32.9 Å². The Bertz CT molecular complexity index is 1470. The quantitative estimate of drug-likeness (QED) is 0.0272. The van der Waals surface area contributed by atoms with Crippen LogP contribution in [-0.4, -0.2) is 68.5 Å². The monoisotopic (exact) mass is 967 g/mol. The highest BCUT2D eigenvalue weighted by Gasteiger charge is 2.24. The summed E-state index contributed by atoms with van der Waals surface area (Å²) >= 11 is 0. The van der Waals surface area contributed by atoms with Gasteiger partial charge in [0.2, 0.25) is 5.91 Å². The normalized spacial score (nSPS) is 14.9. The number of quaternary nitrogens is 1. The molecule has 0 saturated carbocycles. The molecule has 0 aliphatic heterocycles. The van der Waals surface area contributed by atoms with Crippen molar-refractivity contribution >= 4 is 13.7 Å². The summed E-state index contributed by atoms with van der Waals surface area (Å²) in [5.74, 6) is -0.189. The lowest BCUT2D eigenvalue weighted by Crippen LogP contribution is -2.46. The van der Waals surface area contributed by atoms with E-state index in [4.69, 9.17) is 9.05 Å². The first-order valence-electron chi connectivity index (χ1n) is 27.2. The van der Waals surface area contributed by atoms with E-state index in [1.165, 1.54) is 64.2 Å². The van der Waals surface area contributed by atoms with Gasteiger partial charge >= 0.3 is 0 Å². The van der Waals surface area contributed by atoms with Gasteiger partial charge in [0, 0.05) is 6.42 Å². The number of likely N-dealkylation sites (N-methyl/N-ethyl adjacent to an activating group) is 1. The first-order chi connectivity index (χ1) is 33.0. The maximum absolute atomic E-state index is 12.9. The van der Waals surface area contributed by atoms with Gasteiger partial charge in [0.15, 0.2) is 0 Å². The Labute approximate surface area is 419 Å².